The molecule has 2 heteroatoms. The van der Waals surface area contributed by atoms with Crippen molar-refractivity contribution in [2.75, 3.05) is 13.1 Å². The van der Waals surface area contributed by atoms with Gasteiger partial charge in [0.1, 0.15) is 0 Å². The van der Waals surface area contributed by atoms with Crippen molar-refractivity contribution in [2.24, 2.45) is 0 Å². The van der Waals surface area contributed by atoms with Crippen LogP contribution in [-0.4, -0.2) is 18.3 Å². The van der Waals surface area contributed by atoms with Gasteiger partial charge in [-0.2, -0.15) is 0 Å². The van der Waals surface area contributed by atoms with Crippen LogP contribution in [-0.2, 0) is 0 Å². The summed E-state index contributed by atoms with van der Waals surface area (Å²) in [6.07, 6.45) is 2.51. The van der Waals surface area contributed by atoms with Crippen molar-refractivity contribution in [1.82, 2.24) is 5.32 Å². The van der Waals surface area contributed by atoms with E-state index in [0.717, 1.165) is 6.54 Å². The maximum absolute atomic E-state index is 5.03. The van der Waals surface area contributed by atoms with E-state index in [4.69, 9.17) is 12.6 Å². The second-order valence-corrected chi connectivity index (χ2v) is 2.64. The third-order valence-electron chi connectivity index (χ3n) is 1.25. The molecule has 1 saturated heterocycles. The molecule has 0 aliphatic carbocycles. The first kappa shape index (κ1) is 5.45. The Labute approximate surface area is 49.9 Å². The fourth-order valence-electron chi connectivity index (χ4n) is 0.820. The van der Waals surface area contributed by atoms with Gasteiger partial charge in [0.25, 0.3) is 0 Å². The number of piperidine rings is 1. The Kier molecular flexibility index (Phi) is 2.00. The maximum atomic E-state index is 5.03. The van der Waals surface area contributed by atoms with E-state index < -0.39 is 0 Å². The Morgan fingerprint density at radius 2 is 2.43 bits per heavy atom. The lowest BCUT2D eigenvalue weighted by molar-refractivity contribution is 0.533. The second-order valence-electron chi connectivity index (χ2n) is 1.97. The van der Waals surface area contributed by atoms with Gasteiger partial charge in [-0.15, -0.1) is 0 Å². The zero-order valence-corrected chi connectivity index (χ0v) is 5.13. The molecule has 7 heavy (non-hydrogen) atoms. The van der Waals surface area contributed by atoms with Crippen LogP contribution in [0.3, 0.4) is 0 Å². The normalized spacial score (nSPS) is 33.0. The van der Waals surface area contributed by atoms with Crippen LogP contribution < -0.4 is 5.32 Å². The molecule has 1 rings (SSSR count). The first-order valence-electron chi connectivity index (χ1n) is 2.76. The van der Waals surface area contributed by atoms with E-state index in [2.05, 4.69) is 5.32 Å². The minimum atomic E-state index is 0.508. The van der Waals surface area contributed by atoms with Gasteiger partial charge in [0.05, 0.1) is 0 Å². The molecule has 1 atom stereocenters. The number of nitrogens with one attached hydrogen (secondary N) is 1. The maximum Gasteiger partial charge on any atom is 0.0276 e. The smallest absolute Gasteiger partial charge is 0.0276 e. The third-order valence-corrected chi connectivity index (χ3v) is 1.65. The molecule has 1 N–H and O–H groups in total. The summed E-state index contributed by atoms with van der Waals surface area (Å²) >= 11 is 5.03. The summed E-state index contributed by atoms with van der Waals surface area (Å²) in [6.45, 7) is 2.22. The standard InChI is InChI=1S/C5H10NS/c7-5-2-1-3-6-4-5/h5-6H,1-4H2. The molecule has 41 valence electrons. The summed E-state index contributed by atoms with van der Waals surface area (Å²) in [5, 5.41) is 3.74. The molecular formula is C5H10NS. The highest BCUT2D eigenvalue weighted by Gasteiger charge is 2.06. The molecule has 0 aromatic rings. The van der Waals surface area contributed by atoms with E-state index in [9.17, 15) is 0 Å². The van der Waals surface area contributed by atoms with Gasteiger partial charge in [0, 0.05) is 11.8 Å². The van der Waals surface area contributed by atoms with E-state index >= 15 is 0 Å². The van der Waals surface area contributed by atoms with Crippen LogP contribution in [0, 0.1) is 0 Å². The average molecular weight is 116 g/mol. The molecule has 1 fully saturated rings. The van der Waals surface area contributed by atoms with Crippen LogP contribution in [0.15, 0.2) is 0 Å². The van der Waals surface area contributed by atoms with Gasteiger partial charge in [-0.1, -0.05) is 12.6 Å². The fourth-order valence-corrected chi connectivity index (χ4v) is 1.10. The summed E-state index contributed by atoms with van der Waals surface area (Å²) in [7, 11) is 0. The lowest BCUT2D eigenvalue weighted by atomic mass is 10.2. The lowest BCUT2D eigenvalue weighted by Gasteiger charge is -2.15. The first-order valence-corrected chi connectivity index (χ1v) is 3.23. The zero-order valence-electron chi connectivity index (χ0n) is 4.31. The Morgan fingerprint density at radius 3 is 2.71 bits per heavy atom. The quantitative estimate of drug-likeness (QED) is 0.496. The first-order chi connectivity index (χ1) is 3.39. The Hall–Kier alpha value is 0.310. The molecule has 0 aromatic heterocycles. The van der Waals surface area contributed by atoms with Crippen molar-refractivity contribution < 1.29 is 0 Å². The topological polar surface area (TPSA) is 12.0 Å². The predicted molar refractivity (Wildman–Crippen MR) is 33.5 cm³/mol. The minimum Gasteiger partial charge on any atom is -0.316 e. The highest BCUT2D eigenvalue weighted by atomic mass is 32.1. The van der Waals surface area contributed by atoms with Crippen LogP contribution in [0.4, 0.5) is 0 Å². The van der Waals surface area contributed by atoms with Crippen LogP contribution in [0.5, 0.6) is 0 Å². The molecule has 1 radical (unpaired) electrons. The second kappa shape index (κ2) is 2.58. The molecule has 0 saturated carbocycles. The van der Waals surface area contributed by atoms with Crippen LogP contribution >= 0.6 is 12.6 Å². The van der Waals surface area contributed by atoms with Gasteiger partial charge in [0.2, 0.25) is 0 Å². The van der Waals surface area contributed by atoms with Gasteiger partial charge in [0.15, 0.2) is 0 Å². The predicted octanol–water partition coefficient (Wildman–Crippen LogP) is 0.936. The third kappa shape index (κ3) is 1.70. The number of hydrogen-bond acceptors (Lipinski definition) is 1. The van der Waals surface area contributed by atoms with Gasteiger partial charge in [-0.05, 0) is 19.4 Å². The van der Waals surface area contributed by atoms with E-state index in [1.807, 2.05) is 0 Å². The van der Waals surface area contributed by atoms with Crippen LogP contribution in [0.2, 0.25) is 0 Å². The highest BCUT2D eigenvalue weighted by molar-refractivity contribution is 7.81. The molecule has 1 aliphatic rings. The average Bonchev–Trinajstić information content (AvgIpc) is 1.69. The van der Waals surface area contributed by atoms with Gasteiger partial charge >= 0.3 is 0 Å². The lowest BCUT2D eigenvalue weighted by Crippen LogP contribution is -2.29. The molecule has 0 bridgehead atoms. The molecule has 1 nitrogen and oxygen atoms in total. The fraction of sp³-hybridized carbons (Fsp3) is 1.00. The monoisotopic (exact) mass is 116 g/mol. The van der Waals surface area contributed by atoms with Gasteiger partial charge in [-0.3, -0.25) is 0 Å². The summed E-state index contributed by atoms with van der Waals surface area (Å²) in [5.41, 5.74) is 0. The van der Waals surface area contributed by atoms with Crippen LogP contribution in [0.1, 0.15) is 12.8 Å². The Morgan fingerprint density at radius 1 is 1.57 bits per heavy atom. The van der Waals surface area contributed by atoms with Crippen molar-refractivity contribution >= 4 is 12.6 Å². The van der Waals surface area contributed by atoms with Crippen LogP contribution in [0.25, 0.3) is 0 Å². The molecule has 0 aromatic carbocycles. The molecule has 0 amide bonds. The van der Waals surface area contributed by atoms with Crippen molar-refractivity contribution in [3.05, 3.63) is 0 Å². The molecule has 1 unspecified atom stereocenters. The van der Waals surface area contributed by atoms with Crippen molar-refractivity contribution in [2.45, 2.75) is 18.1 Å². The summed E-state index contributed by atoms with van der Waals surface area (Å²) in [4.78, 5) is 0. The molecule has 1 aliphatic heterocycles. The number of hydrogen-bond donors (Lipinski definition) is 1. The summed E-state index contributed by atoms with van der Waals surface area (Å²) in [5.74, 6) is 0. The molecular weight excluding hydrogens is 106 g/mol. The van der Waals surface area contributed by atoms with Gasteiger partial charge in [-0.25, -0.2) is 0 Å². The Bertz CT molecular complexity index is 50.0. The minimum absolute atomic E-state index is 0.508. The molecule has 1 heterocycles. The van der Waals surface area contributed by atoms with E-state index in [-0.39, 0.29) is 0 Å². The van der Waals surface area contributed by atoms with Crippen molar-refractivity contribution in [3.63, 3.8) is 0 Å². The van der Waals surface area contributed by atoms with E-state index in [0.29, 0.717) is 5.25 Å². The zero-order chi connectivity index (χ0) is 5.11. The largest absolute Gasteiger partial charge is 0.316 e. The molecule has 0 spiro atoms. The van der Waals surface area contributed by atoms with E-state index in [1.165, 1.54) is 19.4 Å². The van der Waals surface area contributed by atoms with Crippen molar-refractivity contribution in [3.8, 4) is 0 Å². The van der Waals surface area contributed by atoms with E-state index in [1.54, 1.807) is 0 Å². The van der Waals surface area contributed by atoms with Crippen molar-refractivity contribution in [1.29, 1.82) is 0 Å². The summed E-state index contributed by atoms with van der Waals surface area (Å²) < 4.78 is 0. The van der Waals surface area contributed by atoms with Gasteiger partial charge < -0.3 is 5.32 Å². The SMILES string of the molecule is [S]C1CCCNC1. The number of rotatable bonds is 0. The Balaban J connectivity index is 2.12. The summed E-state index contributed by atoms with van der Waals surface area (Å²) in [6, 6.07) is 0. The highest BCUT2D eigenvalue weighted by Crippen LogP contribution is 2.06.